The first-order chi connectivity index (χ1) is 7.28. The molecule has 0 aromatic rings. The summed E-state index contributed by atoms with van der Waals surface area (Å²) in [6.07, 6.45) is 1.33. The molecular weight excluding hydrogens is 210 g/mol. The molecule has 1 fully saturated rings. The zero-order valence-corrected chi connectivity index (χ0v) is 9.95. The van der Waals surface area contributed by atoms with Crippen molar-refractivity contribution in [3.05, 3.63) is 0 Å². The zero-order valence-electron chi connectivity index (χ0n) is 9.95. The highest BCUT2D eigenvalue weighted by atomic mass is 16.6. The number of carbonyl (C=O) groups excluding carboxylic acids is 1. The van der Waals surface area contributed by atoms with Crippen LogP contribution in [0.5, 0.6) is 0 Å². The first kappa shape index (κ1) is 12.8. The average Bonchev–Trinajstić information content (AvgIpc) is 2.06. The summed E-state index contributed by atoms with van der Waals surface area (Å²) in [6.45, 7) is 5.38. The molecule has 2 N–H and O–H groups in total. The molecule has 1 amide bonds. The van der Waals surface area contributed by atoms with Crippen LogP contribution in [0.15, 0.2) is 0 Å². The molecule has 0 heterocycles. The Labute approximate surface area is 95.2 Å². The summed E-state index contributed by atoms with van der Waals surface area (Å²) in [7, 11) is 0. The third-order valence-corrected chi connectivity index (χ3v) is 2.56. The summed E-state index contributed by atoms with van der Waals surface area (Å²) in [6, 6.07) is -0.0500. The molecule has 16 heavy (non-hydrogen) atoms. The maximum atomic E-state index is 11.4. The lowest BCUT2D eigenvalue weighted by atomic mass is 9.77. The van der Waals surface area contributed by atoms with Crippen molar-refractivity contribution in [3.63, 3.8) is 0 Å². The smallest absolute Gasteiger partial charge is 0.407 e. The second kappa shape index (κ2) is 4.72. The summed E-state index contributed by atoms with van der Waals surface area (Å²) >= 11 is 0. The van der Waals surface area contributed by atoms with Crippen LogP contribution in [-0.2, 0) is 9.53 Å². The van der Waals surface area contributed by atoms with Gasteiger partial charge in [-0.2, -0.15) is 0 Å². The molecule has 5 nitrogen and oxygen atoms in total. The van der Waals surface area contributed by atoms with Crippen molar-refractivity contribution in [3.8, 4) is 0 Å². The van der Waals surface area contributed by atoms with Crippen LogP contribution < -0.4 is 5.32 Å². The number of nitrogens with one attached hydrogen (secondary N) is 1. The van der Waals surface area contributed by atoms with Crippen LogP contribution in [0, 0.1) is 5.92 Å². The lowest BCUT2D eigenvalue weighted by molar-refractivity contribution is -0.139. The molecule has 1 saturated carbocycles. The Morgan fingerprint density at radius 2 is 2.00 bits per heavy atom. The summed E-state index contributed by atoms with van der Waals surface area (Å²) < 4.78 is 5.10. The van der Waals surface area contributed by atoms with Crippen LogP contribution in [0.2, 0.25) is 0 Å². The fourth-order valence-electron chi connectivity index (χ4n) is 1.69. The van der Waals surface area contributed by atoms with Gasteiger partial charge in [0.2, 0.25) is 0 Å². The topological polar surface area (TPSA) is 75.6 Å². The first-order valence-corrected chi connectivity index (χ1v) is 5.49. The van der Waals surface area contributed by atoms with Crippen LogP contribution in [0.1, 0.15) is 40.0 Å². The van der Waals surface area contributed by atoms with Gasteiger partial charge in [0.15, 0.2) is 0 Å². The van der Waals surface area contributed by atoms with E-state index in [0.29, 0.717) is 0 Å². The van der Waals surface area contributed by atoms with E-state index in [0.717, 1.165) is 12.8 Å². The van der Waals surface area contributed by atoms with Gasteiger partial charge in [0, 0.05) is 6.04 Å². The summed E-state index contributed by atoms with van der Waals surface area (Å²) in [5.41, 5.74) is -0.518. The Bertz CT molecular complexity index is 282. The van der Waals surface area contributed by atoms with Crippen molar-refractivity contribution in [1.29, 1.82) is 0 Å². The molecule has 0 spiro atoms. The van der Waals surface area contributed by atoms with E-state index in [-0.39, 0.29) is 18.4 Å². The van der Waals surface area contributed by atoms with Crippen molar-refractivity contribution in [1.82, 2.24) is 5.32 Å². The molecular formula is C11H19NO4. The number of aliphatic carboxylic acids is 1. The first-order valence-electron chi connectivity index (χ1n) is 5.49. The summed E-state index contributed by atoms with van der Waals surface area (Å²) in [5.74, 6) is -0.772. The minimum absolute atomic E-state index is 0.0463. The molecule has 1 aliphatic carbocycles. The zero-order chi connectivity index (χ0) is 12.3. The van der Waals surface area contributed by atoms with Gasteiger partial charge in [-0.1, -0.05) is 0 Å². The molecule has 2 atom stereocenters. The fraction of sp³-hybridized carbons (Fsp3) is 0.818. The highest BCUT2D eigenvalue weighted by Gasteiger charge is 2.34. The van der Waals surface area contributed by atoms with Crippen molar-refractivity contribution in [2.45, 2.75) is 51.7 Å². The molecule has 92 valence electrons. The van der Waals surface area contributed by atoms with E-state index in [4.69, 9.17) is 9.84 Å². The predicted molar refractivity (Wildman–Crippen MR) is 58.1 cm³/mol. The van der Waals surface area contributed by atoms with Gasteiger partial charge >= 0.3 is 12.1 Å². The fourth-order valence-corrected chi connectivity index (χ4v) is 1.69. The second-order valence-electron chi connectivity index (χ2n) is 5.19. The number of alkyl carbamates (subject to hydrolysis) is 1. The number of carbonyl (C=O) groups is 2. The molecule has 0 aromatic heterocycles. The Balaban J connectivity index is 2.32. The van der Waals surface area contributed by atoms with Gasteiger partial charge in [-0.15, -0.1) is 0 Å². The SMILES string of the molecule is CC(C)(C)OC(=O)N[C@H]1CC[C@H]1CC(=O)O. The van der Waals surface area contributed by atoms with Gasteiger partial charge in [0.05, 0.1) is 6.42 Å². The van der Waals surface area contributed by atoms with E-state index in [1.54, 1.807) is 20.8 Å². The maximum Gasteiger partial charge on any atom is 0.407 e. The molecule has 0 bridgehead atoms. The monoisotopic (exact) mass is 229 g/mol. The van der Waals surface area contributed by atoms with Crippen molar-refractivity contribution in [2.24, 2.45) is 5.92 Å². The summed E-state index contributed by atoms with van der Waals surface area (Å²) in [4.78, 5) is 21.9. The quantitative estimate of drug-likeness (QED) is 0.773. The highest BCUT2D eigenvalue weighted by Crippen LogP contribution is 2.30. The van der Waals surface area contributed by atoms with E-state index in [1.165, 1.54) is 0 Å². The molecule has 0 saturated heterocycles. The number of hydrogen-bond acceptors (Lipinski definition) is 3. The van der Waals surface area contributed by atoms with Gasteiger partial charge in [-0.25, -0.2) is 4.79 Å². The summed E-state index contributed by atoms with van der Waals surface area (Å²) in [5, 5.41) is 11.3. The lowest BCUT2D eigenvalue weighted by Crippen LogP contribution is -2.48. The van der Waals surface area contributed by atoms with Crippen molar-refractivity contribution in [2.75, 3.05) is 0 Å². The Hall–Kier alpha value is -1.26. The van der Waals surface area contributed by atoms with Gasteiger partial charge in [0.1, 0.15) is 5.60 Å². The van der Waals surface area contributed by atoms with Crippen LogP contribution >= 0.6 is 0 Å². The van der Waals surface area contributed by atoms with Crippen LogP contribution in [0.4, 0.5) is 4.79 Å². The minimum atomic E-state index is -0.819. The van der Waals surface area contributed by atoms with Gasteiger partial charge in [-0.05, 0) is 39.5 Å². The highest BCUT2D eigenvalue weighted by molar-refractivity contribution is 5.69. The Kier molecular flexibility index (Phi) is 3.78. The molecule has 0 unspecified atom stereocenters. The second-order valence-corrected chi connectivity index (χ2v) is 5.19. The number of carboxylic acid groups (broad SMARTS) is 1. The van der Waals surface area contributed by atoms with Gasteiger partial charge in [0.25, 0.3) is 0 Å². The van der Waals surface area contributed by atoms with E-state index in [1.807, 2.05) is 0 Å². The van der Waals surface area contributed by atoms with Crippen molar-refractivity contribution < 1.29 is 19.4 Å². The van der Waals surface area contributed by atoms with Gasteiger partial charge in [-0.3, -0.25) is 4.79 Å². The van der Waals surface area contributed by atoms with E-state index < -0.39 is 17.7 Å². The van der Waals surface area contributed by atoms with E-state index in [2.05, 4.69) is 5.32 Å². The normalized spacial score (nSPS) is 24.4. The van der Waals surface area contributed by atoms with Gasteiger partial charge < -0.3 is 15.2 Å². The number of carboxylic acids is 1. The lowest BCUT2D eigenvalue weighted by Gasteiger charge is -2.36. The number of rotatable bonds is 3. The Morgan fingerprint density at radius 3 is 2.38 bits per heavy atom. The molecule has 0 radical (unpaired) electrons. The third kappa shape index (κ3) is 4.08. The molecule has 1 aliphatic rings. The molecule has 5 heteroatoms. The van der Waals surface area contributed by atoms with E-state index >= 15 is 0 Å². The third-order valence-electron chi connectivity index (χ3n) is 2.56. The number of amides is 1. The number of ether oxygens (including phenoxy) is 1. The molecule has 1 rings (SSSR count). The van der Waals surface area contributed by atoms with Crippen LogP contribution in [-0.4, -0.2) is 28.8 Å². The maximum absolute atomic E-state index is 11.4. The molecule has 0 aliphatic heterocycles. The number of hydrogen-bond donors (Lipinski definition) is 2. The van der Waals surface area contributed by atoms with Crippen LogP contribution in [0.3, 0.4) is 0 Å². The van der Waals surface area contributed by atoms with E-state index in [9.17, 15) is 9.59 Å². The molecule has 0 aromatic carbocycles. The average molecular weight is 229 g/mol. The standard InChI is InChI=1S/C11H19NO4/c1-11(2,3)16-10(15)12-8-5-4-7(8)6-9(13)14/h7-8H,4-6H2,1-3H3,(H,12,15)(H,13,14)/t7-,8-/m0/s1. The minimum Gasteiger partial charge on any atom is -0.481 e. The largest absolute Gasteiger partial charge is 0.481 e. The Morgan fingerprint density at radius 1 is 1.38 bits per heavy atom. The predicted octanol–water partition coefficient (Wildman–Crippen LogP) is 1.76. The van der Waals surface area contributed by atoms with Crippen molar-refractivity contribution >= 4 is 12.1 Å². The van der Waals surface area contributed by atoms with Crippen LogP contribution in [0.25, 0.3) is 0 Å².